The first kappa shape index (κ1) is 55.8. The summed E-state index contributed by atoms with van der Waals surface area (Å²) in [4.78, 5) is 35.6. The number of phosphoric acid groups is 1. The number of allylic oxidation sites excluding steroid dienone is 8. The highest BCUT2D eigenvalue weighted by atomic mass is 31.2. The summed E-state index contributed by atoms with van der Waals surface area (Å²) in [5.74, 6) is -1.16. The van der Waals surface area contributed by atoms with Crippen LogP contribution < -0.4 is 0 Å². The molecule has 0 spiro atoms. The van der Waals surface area contributed by atoms with Crippen molar-refractivity contribution < 1.29 is 63.1 Å². The number of rotatable bonds is 37. The molecule has 1 aliphatic rings. The molecule has 6 unspecified atom stereocenters. The lowest BCUT2D eigenvalue weighted by Crippen LogP contribution is -2.64. The lowest BCUT2D eigenvalue weighted by molar-refractivity contribution is -0.220. The van der Waals surface area contributed by atoms with E-state index in [1.54, 1.807) is 0 Å². The number of carbonyl (C=O) groups excluding carboxylic acids is 2. The van der Waals surface area contributed by atoms with Gasteiger partial charge < -0.3 is 39.9 Å². The van der Waals surface area contributed by atoms with Gasteiger partial charge in [-0.15, -0.1) is 0 Å². The topological polar surface area (TPSA) is 210 Å². The Balaban J connectivity index is 2.51. The van der Waals surface area contributed by atoms with Crippen LogP contribution in [0.15, 0.2) is 48.6 Å². The zero-order valence-electron chi connectivity index (χ0n) is 36.7. The quantitative estimate of drug-likeness (QED) is 0.0149. The number of hydrogen-bond acceptors (Lipinski definition) is 12. The van der Waals surface area contributed by atoms with Crippen molar-refractivity contribution in [3.8, 4) is 0 Å². The number of esters is 2. The lowest BCUT2D eigenvalue weighted by Gasteiger charge is -2.41. The Hall–Kier alpha value is -2.19. The predicted molar refractivity (Wildman–Crippen MR) is 235 cm³/mol. The van der Waals surface area contributed by atoms with Crippen molar-refractivity contribution in [3.05, 3.63) is 48.6 Å². The van der Waals surface area contributed by atoms with Gasteiger partial charge in [0.2, 0.25) is 0 Å². The maximum absolute atomic E-state index is 12.8. The average Bonchev–Trinajstić information content (AvgIpc) is 3.23. The van der Waals surface area contributed by atoms with Crippen LogP contribution in [0.3, 0.4) is 0 Å². The van der Waals surface area contributed by atoms with Crippen LogP contribution in [-0.2, 0) is 32.7 Å². The summed E-state index contributed by atoms with van der Waals surface area (Å²) in [7, 11) is -5.13. The first-order chi connectivity index (χ1) is 28.9. The van der Waals surface area contributed by atoms with Crippen molar-refractivity contribution in [3.63, 3.8) is 0 Å². The van der Waals surface area contributed by atoms with Gasteiger partial charge in [0.05, 0.1) is 6.61 Å². The molecule has 0 bridgehead atoms. The molecule has 14 heteroatoms. The molecule has 1 saturated carbocycles. The summed E-state index contributed by atoms with van der Waals surface area (Å²) < 4.78 is 33.4. The highest BCUT2D eigenvalue weighted by Gasteiger charge is 2.51. The van der Waals surface area contributed by atoms with Crippen molar-refractivity contribution in [2.45, 2.75) is 217 Å². The maximum atomic E-state index is 12.8. The molecule has 13 nitrogen and oxygen atoms in total. The van der Waals surface area contributed by atoms with Gasteiger partial charge in [0.1, 0.15) is 43.2 Å². The number of aliphatic hydroxyl groups is 5. The SMILES string of the molecule is CCCCC/C=C\C/C=C\C/C=C\C/C=C\CCCC(=O)O[C@H](COC(=O)CCCCCCCCCCCCCCCC)COP(=O)(O)OC1C(O)C(O)C(O)[C@@H](O)C1O. The van der Waals surface area contributed by atoms with Crippen LogP contribution in [0.25, 0.3) is 0 Å². The molecule has 0 saturated heterocycles. The van der Waals surface area contributed by atoms with Gasteiger partial charge in [0.25, 0.3) is 0 Å². The molecule has 1 rings (SSSR count). The Morgan fingerprint density at radius 2 is 0.917 bits per heavy atom. The Bertz CT molecular complexity index is 1240. The van der Waals surface area contributed by atoms with Gasteiger partial charge in [-0.2, -0.15) is 0 Å². The molecule has 0 heterocycles. The number of ether oxygens (including phenoxy) is 2. The van der Waals surface area contributed by atoms with E-state index in [4.69, 9.17) is 18.5 Å². The highest BCUT2D eigenvalue weighted by Crippen LogP contribution is 2.47. The normalized spacial score (nSPS) is 22.6. The van der Waals surface area contributed by atoms with Crippen LogP contribution in [0.1, 0.15) is 174 Å². The molecule has 0 radical (unpaired) electrons. The number of hydrogen-bond donors (Lipinski definition) is 6. The Labute approximate surface area is 360 Å². The van der Waals surface area contributed by atoms with E-state index in [0.29, 0.717) is 19.3 Å². The van der Waals surface area contributed by atoms with Gasteiger partial charge >= 0.3 is 19.8 Å². The predicted octanol–water partition coefficient (Wildman–Crippen LogP) is 8.78. The molecule has 348 valence electrons. The maximum Gasteiger partial charge on any atom is 0.472 e. The molecule has 0 amide bonds. The first-order valence-corrected chi connectivity index (χ1v) is 24.4. The molecular formula is C46H81O13P. The number of phosphoric ester groups is 1. The van der Waals surface area contributed by atoms with E-state index in [1.807, 2.05) is 12.2 Å². The third-order valence-corrected chi connectivity index (χ3v) is 11.4. The molecule has 8 atom stereocenters. The molecule has 0 aromatic rings. The second-order valence-corrected chi connectivity index (χ2v) is 17.3. The third-order valence-electron chi connectivity index (χ3n) is 10.4. The fourth-order valence-electron chi connectivity index (χ4n) is 6.69. The third kappa shape index (κ3) is 28.4. The van der Waals surface area contributed by atoms with E-state index in [0.717, 1.165) is 44.9 Å². The largest absolute Gasteiger partial charge is 0.472 e. The van der Waals surface area contributed by atoms with Gasteiger partial charge in [-0.3, -0.25) is 18.6 Å². The van der Waals surface area contributed by atoms with Crippen LogP contribution in [0, 0.1) is 0 Å². The Morgan fingerprint density at radius 3 is 1.42 bits per heavy atom. The fraction of sp³-hybridized carbons (Fsp3) is 0.783. The van der Waals surface area contributed by atoms with Crippen molar-refractivity contribution in [2.24, 2.45) is 0 Å². The number of aliphatic hydroxyl groups excluding tert-OH is 5. The molecule has 6 N–H and O–H groups in total. The van der Waals surface area contributed by atoms with Crippen LogP contribution >= 0.6 is 7.82 Å². The van der Waals surface area contributed by atoms with Gasteiger partial charge in [-0.05, 0) is 51.4 Å². The van der Waals surface area contributed by atoms with E-state index in [1.165, 1.54) is 83.5 Å². The second-order valence-electron chi connectivity index (χ2n) is 15.9. The molecule has 0 aliphatic heterocycles. The van der Waals surface area contributed by atoms with Crippen molar-refractivity contribution in [1.82, 2.24) is 0 Å². The minimum atomic E-state index is -5.13. The summed E-state index contributed by atoms with van der Waals surface area (Å²) in [6.45, 7) is 3.22. The van der Waals surface area contributed by atoms with Gasteiger partial charge in [-0.1, -0.05) is 159 Å². The van der Waals surface area contributed by atoms with E-state index in [2.05, 4.69) is 50.3 Å². The monoisotopic (exact) mass is 873 g/mol. The molecule has 0 aromatic heterocycles. The van der Waals surface area contributed by atoms with Gasteiger partial charge in [-0.25, -0.2) is 4.57 Å². The van der Waals surface area contributed by atoms with E-state index in [9.17, 15) is 44.6 Å². The van der Waals surface area contributed by atoms with Crippen molar-refractivity contribution in [2.75, 3.05) is 13.2 Å². The summed E-state index contributed by atoms with van der Waals surface area (Å²) in [5, 5.41) is 50.1. The minimum absolute atomic E-state index is 0.0212. The van der Waals surface area contributed by atoms with Crippen molar-refractivity contribution >= 4 is 19.8 Å². The average molecular weight is 873 g/mol. The summed E-state index contributed by atoms with van der Waals surface area (Å²) in [5.41, 5.74) is 0. The molecule has 1 aliphatic carbocycles. The fourth-order valence-corrected chi connectivity index (χ4v) is 7.66. The highest BCUT2D eigenvalue weighted by molar-refractivity contribution is 7.47. The smallest absolute Gasteiger partial charge is 0.462 e. The Morgan fingerprint density at radius 1 is 0.517 bits per heavy atom. The van der Waals surface area contributed by atoms with E-state index in [-0.39, 0.29) is 12.8 Å². The summed E-state index contributed by atoms with van der Waals surface area (Å²) in [6.07, 6.45) is 28.9. The second kappa shape index (κ2) is 36.3. The van der Waals surface area contributed by atoms with Crippen molar-refractivity contribution in [1.29, 1.82) is 0 Å². The summed E-state index contributed by atoms with van der Waals surface area (Å²) >= 11 is 0. The van der Waals surface area contributed by atoms with Gasteiger partial charge in [0, 0.05) is 12.8 Å². The van der Waals surface area contributed by atoms with Crippen LogP contribution in [0.5, 0.6) is 0 Å². The molecule has 60 heavy (non-hydrogen) atoms. The summed E-state index contributed by atoms with van der Waals surface area (Å²) in [6, 6.07) is 0. The van der Waals surface area contributed by atoms with E-state index >= 15 is 0 Å². The zero-order chi connectivity index (χ0) is 44.3. The molecular weight excluding hydrogens is 791 g/mol. The number of carbonyl (C=O) groups is 2. The number of unbranched alkanes of at least 4 members (excludes halogenated alkanes) is 17. The van der Waals surface area contributed by atoms with Crippen LogP contribution in [0.4, 0.5) is 0 Å². The van der Waals surface area contributed by atoms with Crippen LogP contribution in [0.2, 0.25) is 0 Å². The van der Waals surface area contributed by atoms with E-state index < -0.39 is 75.7 Å². The zero-order valence-corrected chi connectivity index (χ0v) is 37.6. The van der Waals surface area contributed by atoms with Crippen LogP contribution in [-0.4, -0.2) is 98.3 Å². The Kier molecular flexibility index (Phi) is 33.8. The standard InChI is InChI=1S/C46H81O13P/c1-3-5-7-9-11-13-15-17-19-20-21-23-25-27-29-31-33-35-40(48)58-38(37-57-60(54,55)59-46-44(52)42(50)41(49)43(51)45(46)53)36-56-39(47)34-32-30-28-26-24-22-18-16-14-12-10-8-6-4-2/h11,13,17,19,21,23,27,29,38,41-46,49-53H,3-10,12,14-16,18,20,22,24-26,28,30-37H2,1-2H3,(H,54,55)/b13-11-,19-17-,23-21-,29-27-/t38-,41?,42-,43?,44?,45?,46?/m1/s1. The first-order valence-electron chi connectivity index (χ1n) is 22.9. The minimum Gasteiger partial charge on any atom is -0.462 e. The molecule has 0 aromatic carbocycles. The van der Waals surface area contributed by atoms with Gasteiger partial charge in [0.15, 0.2) is 6.10 Å². The molecule has 1 fully saturated rings. The lowest BCUT2D eigenvalue weighted by atomic mass is 9.85.